The molecular weight excluding hydrogens is 326 g/mol. The summed E-state index contributed by atoms with van der Waals surface area (Å²) < 4.78 is 0. The lowest BCUT2D eigenvalue weighted by Gasteiger charge is -2.22. The van der Waals surface area contributed by atoms with E-state index in [0.717, 1.165) is 17.4 Å². The fourth-order valence-electron chi connectivity index (χ4n) is 2.14. The first-order valence-corrected chi connectivity index (χ1v) is 8.03. The summed E-state index contributed by atoms with van der Waals surface area (Å²) in [6, 6.07) is 11.2. The van der Waals surface area contributed by atoms with E-state index in [1.807, 2.05) is 47.2 Å². The molecule has 0 aliphatic carbocycles. The number of carboxylic acid groups (broad SMARTS) is 1. The van der Waals surface area contributed by atoms with Gasteiger partial charge in [0.15, 0.2) is 5.69 Å². The molecule has 0 radical (unpaired) electrons. The second-order valence-electron chi connectivity index (χ2n) is 4.95. The van der Waals surface area contributed by atoms with Gasteiger partial charge in [-0.05, 0) is 34.5 Å². The molecule has 3 rings (SSSR count). The Balaban J connectivity index is 1.92. The lowest BCUT2D eigenvalue weighted by atomic mass is 10.2. The summed E-state index contributed by atoms with van der Waals surface area (Å²) in [4.78, 5) is 33.0. The maximum Gasteiger partial charge on any atom is 0.356 e. The molecule has 0 saturated carbocycles. The van der Waals surface area contributed by atoms with Crippen LogP contribution in [-0.2, 0) is 6.54 Å². The molecular formula is C17H13N3O3S. The molecule has 120 valence electrons. The van der Waals surface area contributed by atoms with Crippen molar-refractivity contribution in [2.45, 2.75) is 6.54 Å². The Morgan fingerprint density at radius 1 is 1.04 bits per heavy atom. The average Bonchev–Trinajstić information content (AvgIpc) is 3.13. The van der Waals surface area contributed by atoms with E-state index in [2.05, 4.69) is 9.97 Å². The maximum absolute atomic E-state index is 12.8. The van der Waals surface area contributed by atoms with E-state index < -0.39 is 5.97 Å². The Hall–Kier alpha value is -3.06. The zero-order valence-electron chi connectivity index (χ0n) is 12.5. The number of anilines is 1. The lowest BCUT2D eigenvalue weighted by Crippen LogP contribution is -2.31. The highest BCUT2D eigenvalue weighted by Crippen LogP contribution is 2.20. The maximum atomic E-state index is 12.8. The molecule has 2 heterocycles. The number of amides is 1. The molecule has 3 aromatic rings. The Morgan fingerprint density at radius 2 is 1.75 bits per heavy atom. The number of hydrogen-bond acceptors (Lipinski definition) is 5. The van der Waals surface area contributed by atoms with E-state index >= 15 is 0 Å². The molecule has 1 N–H and O–H groups in total. The number of aromatic nitrogens is 2. The average molecular weight is 339 g/mol. The first kappa shape index (κ1) is 15.8. The predicted octanol–water partition coefficient (Wildman–Crippen LogP) is 3.08. The third-order valence-electron chi connectivity index (χ3n) is 3.32. The van der Waals surface area contributed by atoms with Gasteiger partial charge in [-0.15, -0.1) is 0 Å². The SMILES string of the molecule is O=C(O)c1cnc(C(=O)N(Cc2ccsc2)c2ccccc2)cn1. The summed E-state index contributed by atoms with van der Waals surface area (Å²) in [5.74, 6) is -1.52. The van der Waals surface area contributed by atoms with Crippen molar-refractivity contribution >= 4 is 28.9 Å². The van der Waals surface area contributed by atoms with Crippen LogP contribution in [0.2, 0.25) is 0 Å². The van der Waals surface area contributed by atoms with Gasteiger partial charge in [0.25, 0.3) is 5.91 Å². The number of thiophene rings is 1. The highest BCUT2D eigenvalue weighted by atomic mass is 32.1. The van der Waals surface area contributed by atoms with Gasteiger partial charge in [-0.1, -0.05) is 18.2 Å². The van der Waals surface area contributed by atoms with Crippen LogP contribution in [0.3, 0.4) is 0 Å². The molecule has 6 nitrogen and oxygen atoms in total. The van der Waals surface area contributed by atoms with Crippen LogP contribution >= 0.6 is 11.3 Å². The van der Waals surface area contributed by atoms with E-state index in [1.54, 1.807) is 16.2 Å². The summed E-state index contributed by atoms with van der Waals surface area (Å²) >= 11 is 1.56. The van der Waals surface area contributed by atoms with Gasteiger partial charge in [0.05, 0.1) is 18.9 Å². The third-order valence-corrected chi connectivity index (χ3v) is 4.06. The molecule has 0 atom stereocenters. The van der Waals surface area contributed by atoms with E-state index in [-0.39, 0.29) is 17.3 Å². The lowest BCUT2D eigenvalue weighted by molar-refractivity contribution is 0.0689. The zero-order valence-corrected chi connectivity index (χ0v) is 13.3. The van der Waals surface area contributed by atoms with Crippen molar-refractivity contribution in [3.8, 4) is 0 Å². The van der Waals surface area contributed by atoms with Crippen LogP contribution < -0.4 is 4.90 Å². The minimum Gasteiger partial charge on any atom is -0.476 e. The molecule has 0 aliphatic rings. The topological polar surface area (TPSA) is 83.4 Å². The number of hydrogen-bond donors (Lipinski definition) is 1. The quantitative estimate of drug-likeness (QED) is 0.772. The van der Waals surface area contributed by atoms with Crippen LogP contribution in [-0.4, -0.2) is 27.0 Å². The molecule has 1 aromatic carbocycles. The highest BCUT2D eigenvalue weighted by Gasteiger charge is 2.20. The summed E-state index contributed by atoms with van der Waals surface area (Å²) in [5.41, 5.74) is 1.64. The van der Waals surface area contributed by atoms with Crippen molar-refractivity contribution in [1.29, 1.82) is 0 Å². The van der Waals surface area contributed by atoms with E-state index in [1.165, 1.54) is 6.20 Å². The van der Waals surface area contributed by atoms with Crippen LogP contribution in [0.4, 0.5) is 5.69 Å². The molecule has 0 spiro atoms. The standard InChI is InChI=1S/C17H13N3O3S/c21-16(14-8-19-15(9-18-14)17(22)23)20(10-12-6-7-24-11-12)13-4-2-1-3-5-13/h1-9,11H,10H2,(H,22,23). The number of rotatable bonds is 5. The van der Waals surface area contributed by atoms with E-state index in [9.17, 15) is 9.59 Å². The predicted molar refractivity (Wildman–Crippen MR) is 90.3 cm³/mol. The molecule has 2 aromatic heterocycles. The van der Waals surface area contributed by atoms with Crippen molar-refractivity contribution in [2.24, 2.45) is 0 Å². The largest absolute Gasteiger partial charge is 0.476 e. The van der Waals surface area contributed by atoms with Crippen molar-refractivity contribution in [1.82, 2.24) is 9.97 Å². The van der Waals surface area contributed by atoms with Gasteiger partial charge in [-0.25, -0.2) is 14.8 Å². The fourth-order valence-corrected chi connectivity index (χ4v) is 2.80. The second kappa shape index (κ2) is 7.01. The molecule has 0 aliphatic heterocycles. The fraction of sp³-hybridized carbons (Fsp3) is 0.0588. The Morgan fingerprint density at radius 3 is 2.33 bits per heavy atom. The van der Waals surface area contributed by atoms with Gasteiger partial charge in [-0.3, -0.25) is 4.79 Å². The third kappa shape index (κ3) is 3.47. The molecule has 0 bridgehead atoms. The second-order valence-corrected chi connectivity index (χ2v) is 5.73. The van der Waals surface area contributed by atoms with Crippen molar-refractivity contribution in [2.75, 3.05) is 4.90 Å². The number of para-hydroxylation sites is 1. The van der Waals surface area contributed by atoms with Gasteiger partial charge in [0.1, 0.15) is 5.69 Å². The van der Waals surface area contributed by atoms with Crippen LogP contribution in [0.25, 0.3) is 0 Å². The summed E-state index contributed by atoms with van der Waals surface area (Å²) in [6.45, 7) is 0.398. The number of carbonyl (C=O) groups excluding carboxylic acids is 1. The Kier molecular flexibility index (Phi) is 4.62. The van der Waals surface area contributed by atoms with Crippen molar-refractivity contribution < 1.29 is 14.7 Å². The number of benzene rings is 1. The van der Waals surface area contributed by atoms with Gasteiger partial charge in [0, 0.05) is 5.69 Å². The van der Waals surface area contributed by atoms with Crippen LogP contribution in [0.5, 0.6) is 0 Å². The highest BCUT2D eigenvalue weighted by molar-refractivity contribution is 7.07. The Labute approximate surface area is 142 Å². The summed E-state index contributed by atoms with van der Waals surface area (Å²) in [6.07, 6.45) is 2.28. The van der Waals surface area contributed by atoms with E-state index in [0.29, 0.717) is 6.54 Å². The van der Waals surface area contributed by atoms with Gasteiger partial charge < -0.3 is 10.0 Å². The minimum atomic E-state index is -1.18. The number of carbonyl (C=O) groups is 2. The van der Waals surface area contributed by atoms with Crippen molar-refractivity contribution in [3.63, 3.8) is 0 Å². The first-order valence-electron chi connectivity index (χ1n) is 7.08. The molecule has 0 fully saturated rings. The van der Waals surface area contributed by atoms with Crippen molar-refractivity contribution in [3.05, 3.63) is 76.5 Å². The van der Waals surface area contributed by atoms with Gasteiger partial charge in [-0.2, -0.15) is 11.3 Å². The summed E-state index contributed by atoms with van der Waals surface area (Å²) in [7, 11) is 0. The van der Waals surface area contributed by atoms with E-state index in [4.69, 9.17) is 5.11 Å². The first-order chi connectivity index (χ1) is 11.6. The monoisotopic (exact) mass is 339 g/mol. The molecule has 0 saturated heterocycles. The normalized spacial score (nSPS) is 10.3. The number of carboxylic acids is 1. The Bertz CT molecular complexity index is 833. The molecule has 0 unspecified atom stereocenters. The van der Waals surface area contributed by atoms with Crippen LogP contribution in [0, 0.1) is 0 Å². The van der Waals surface area contributed by atoms with Crippen LogP contribution in [0.1, 0.15) is 26.5 Å². The zero-order chi connectivity index (χ0) is 16.9. The molecule has 24 heavy (non-hydrogen) atoms. The number of nitrogens with zero attached hydrogens (tertiary/aromatic N) is 3. The summed E-state index contributed by atoms with van der Waals surface area (Å²) in [5, 5.41) is 12.8. The smallest absolute Gasteiger partial charge is 0.356 e. The van der Waals surface area contributed by atoms with Gasteiger partial charge in [0.2, 0.25) is 0 Å². The molecule has 7 heteroatoms. The minimum absolute atomic E-state index is 0.0964. The molecule has 1 amide bonds. The van der Waals surface area contributed by atoms with Gasteiger partial charge >= 0.3 is 5.97 Å². The number of aromatic carboxylic acids is 1. The van der Waals surface area contributed by atoms with Crippen LogP contribution in [0.15, 0.2) is 59.6 Å².